The number of aryl methyl sites for hydroxylation is 1. The number of hydrazone groups is 1. The maximum Gasteiger partial charge on any atom is 0.272 e. The van der Waals surface area contributed by atoms with Crippen LogP contribution in [0.2, 0.25) is 10.0 Å². The summed E-state index contributed by atoms with van der Waals surface area (Å²) in [6.07, 6.45) is 1.31. The van der Waals surface area contributed by atoms with Crippen molar-refractivity contribution in [1.29, 1.82) is 0 Å². The number of benzene rings is 2. The van der Waals surface area contributed by atoms with Gasteiger partial charge in [-0.15, -0.1) is 0 Å². The molecule has 2 rings (SSSR count). The van der Waals surface area contributed by atoms with Crippen LogP contribution in [0.1, 0.15) is 21.5 Å². The van der Waals surface area contributed by atoms with Crippen LogP contribution in [-0.2, 0) is 0 Å². The van der Waals surface area contributed by atoms with E-state index in [-0.39, 0.29) is 16.3 Å². The van der Waals surface area contributed by atoms with Gasteiger partial charge in [0, 0.05) is 22.2 Å². The molecule has 0 heterocycles. The first-order valence-electron chi connectivity index (χ1n) is 6.42. The van der Waals surface area contributed by atoms with Gasteiger partial charge in [-0.25, -0.2) is 5.43 Å². The summed E-state index contributed by atoms with van der Waals surface area (Å²) in [6, 6.07) is 9.13. The highest BCUT2D eigenvalue weighted by Crippen LogP contribution is 2.20. The number of nitro benzene ring substituents is 1. The zero-order chi connectivity index (χ0) is 17.0. The van der Waals surface area contributed by atoms with Crippen molar-refractivity contribution in [3.63, 3.8) is 0 Å². The number of nitro groups is 1. The van der Waals surface area contributed by atoms with Crippen LogP contribution in [-0.4, -0.2) is 17.0 Å². The fraction of sp³-hybridized carbons (Fsp3) is 0.0667. The molecule has 0 bridgehead atoms. The topological polar surface area (TPSA) is 84.6 Å². The normalized spacial score (nSPS) is 10.7. The molecule has 6 nitrogen and oxygen atoms in total. The smallest absolute Gasteiger partial charge is 0.267 e. The van der Waals surface area contributed by atoms with E-state index in [2.05, 4.69) is 10.5 Å². The lowest BCUT2D eigenvalue weighted by Crippen LogP contribution is -2.18. The number of nitrogens with one attached hydrogen (secondary N) is 1. The largest absolute Gasteiger partial charge is 0.272 e. The minimum Gasteiger partial charge on any atom is -0.267 e. The molecule has 1 N–H and O–H groups in total. The van der Waals surface area contributed by atoms with Gasteiger partial charge in [-0.2, -0.15) is 5.10 Å². The van der Waals surface area contributed by atoms with Crippen molar-refractivity contribution in [3.8, 4) is 0 Å². The Morgan fingerprint density at radius 2 is 2.00 bits per heavy atom. The van der Waals surface area contributed by atoms with Crippen LogP contribution < -0.4 is 5.43 Å². The molecule has 0 spiro atoms. The van der Waals surface area contributed by atoms with Gasteiger partial charge in [-0.05, 0) is 25.1 Å². The lowest BCUT2D eigenvalue weighted by molar-refractivity contribution is -0.385. The number of hydrogen-bond acceptors (Lipinski definition) is 4. The Hall–Kier alpha value is -2.44. The number of hydrogen-bond donors (Lipinski definition) is 1. The molecular formula is C15H11Cl2N3O3. The van der Waals surface area contributed by atoms with E-state index in [1.807, 2.05) is 0 Å². The zero-order valence-electron chi connectivity index (χ0n) is 11.9. The van der Waals surface area contributed by atoms with Crippen molar-refractivity contribution in [2.24, 2.45) is 5.10 Å². The molecule has 2 aromatic rings. The Balaban J connectivity index is 2.13. The van der Waals surface area contributed by atoms with Crippen molar-refractivity contribution in [2.45, 2.75) is 6.92 Å². The van der Waals surface area contributed by atoms with Crippen molar-refractivity contribution >= 4 is 41.0 Å². The van der Waals surface area contributed by atoms with Crippen LogP contribution >= 0.6 is 23.2 Å². The maximum absolute atomic E-state index is 12.0. The Kier molecular flexibility index (Phi) is 5.31. The first-order chi connectivity index (χ1) is 10.9. The first kappa shape index (κ1) is 16.9. The van der Waals surface area contributed by atoms with E-state index in [4.69, 9.17) is 23.2 Å². The molecule has 2 aromatic carbocycles. The van der Waals surface area contributed by atoms with Crippen molar-refractivity contribution in [3.05, 3.63) is 73.2 Å². The molecule has 0 fully saturated rings. The fourth-order valence-electron chi connectivity index (χ4n) is 1.80. The van der Waals surface area contributed by atoms with Crippen LogP contribution in [0.15, 0.2) is 41.5 Å². The minimum atomic E-state index is -0.532. The molecule has 0 aromatic heterocycles. The molecule has 0 aliphatic carbocycles. The number of nitrogens with zero attached hydrogens (tertiary/aromatic N) is 2. The zero-order valence-corrected chi connectivity index (χ0v) is 13.4. The molecule has 0 aliphatic rings. The predicted octanol–water partition coefficient (Wildman–Crippen LogP) is 3.97. The van der Waals surface area contributed by atoms with E-state index in [1.54, 1.807) is 25.1 Å². The van der Waals surface area contributed by atoms with Crippen LogP contribution in [0.4, 0.5) is 5.69 Å². The SMILES string of the molecule is Cc1ccc(/C=N\NC(=O)c2cc(Cl)ccc2Cl)cc1[N+](=O)[O-]. The molecule has 0 atom stereocenters. The van der Waals surface area contributed by atoms with Gasteiger partial charge in [0.2, 0.25) is 0 Å². The second-order valence-corrected chi connectivity index (χ2v) is 5.47. The van der Waals surface area contributed by atoms with Crippen molar-refractivity contribution < 1.29 is 9.72 Å². The highest BCUT2D eigenvalue weighted by Gasteiger charge is 2.11. The lowest BCUT2D eigenvalue weighted by atomic mass is 10.1. The number of amides is 1. The number of rotatable bonds is 4. The molecular weight excluding hydrogens is 341 g/mol. The summed E-state index contributed by atoms with van der Waals surface area (Å²) in [7, 11) is 0. The van der Waals surface area contributed by atoms with Crippen LogP contribution in [0.25, 0.3) is 0 Å². The molecule has 0 unspecified atom stereocenters. The molecule has 118 valence electrons. The Bertz CT molecular complexity index is 807. The van der Waals surface area contributed by atoms with Crippen LogP contribution in [0.5, 0.6) is 0 Å². The van der Waals surface area contributed by atoms with Crippen LogP contribution in [0.3, 0.4) is 0 Å². The molecule has 0 saturated carbocycles. The Morgan fingerprint density at radius 1 is 1.26 bits per heavy atom. The molecule has 23 heavy (non-hydrogen) atoms. The van der Waals surface area contributed by atoms with E-state index in [0.29, 0.717) is 16.1 Å². The number of halogens is 2. The van der Waals surface area contributed by atoms with Crippen molar-refractivity contribution in [2.75, 3.05) is 0 Å². The monoisotopic (exact) mass is 351 g/mol. The highest BCUT2D eigenvalue weighted by atomic mass is 35.5. The summed E-state index contributed by atoms with van der Waals surface area (Å²) in [5, 5.41) is 15.3. The highest BCUT2D eigenvalue weighted by molar-refractivity contribution is 6.35. The molecule has 0 aliphatic heterocycles. The standard InChI is InChI=1S/C15H11Cl2N3O3/c1-9-2-3-10(6-14(9)20(22)23)8-18-19-15(21)12-7-11(16)4-5-13(12)17/h2-8H,1H3,(H,19,21)/b18-8-. The minimum absolute atomic E-state index is 0.0156. The van der Waals surface area contributed by atoms with E-state index in [9.17, 15) is 14.9 Å². The average Bonchev–Trinajstić information content (AvgIpc) is 2.51. The van der Waals surface area contributed by atoms with Gasteiger partial charge >= 0.3 is 0 Å². The van der Waals surface area contributed by atoms with Gasteiger partial charge in [-0.1, -0.05) is 35.3 Å². The molecule has 8 heteroatoms. The van der Waals surface area contributed by atoms with Gasteiger partial charge in [-0.3, -0.25) is 14.9 Å². The third-order valence-electron chi connectivity index (χ3n) is 2.98. The van der Waals surface area contributed by atoms with Crippen molar-refractivity contribution in [1.82, 2.24) is 5.43 Å². The second kappa shape index (κ2) is 7.21. The summed E-state index contributed by atoms with van der Waals surface area (Å²) in [6.45, 7) is 1.64. The van der Waals surface area contributed by atoms with E-state index < -0.39 is 10.8 Å². The summed E-state index contributed by atoms with van der Waals surface area (Å²) >= 11 is 11.7. The van der Waals surface area contributed by atoms with Gasteiger partial charge in [0.15, 0.2) is 0 Å². The quantitative estimate of drug-likeness (QED) is 0.513. The number of carbonyl (C=O) groups is 1. The van der Waals surface area contributed by atoms with E-state index in [1.165, 1.54) is 24.4 Å². The summed E-state index contributed by atoms with van der Waals surface area (Å²) < 4.78 is 0. The van der Waals surface area contributed by atoms with Gasteiger partial charge in [0.1, 0.15) is 0 Å². The van der Waals surface area contributed by atoms with E-state index in [0.717, 1.165) is 0 Å². The van der Waals surface area contributed by atoms with Gasteiger partial charge in [0.25, 0.3) is 11.6 Å². The molecule has 0 radical (unpaired) electrons. The predicted molar refractivity (Wildman–Crippen MR) is 89.4 cm³/mol. The Morgan fingerprint density at radius 3 is 2.70 bits per heavy atom. The fourth-order valence-corrected chi connectivity index (χ4v) is 2.18. The first-order valence-corrected chi connectivity index (χ1v) is 7.17. The summed E-state index contributed by atoms with van der Waals surface area (Å²) in [4.78, 5) is 22.4. The van der Waals surface area contributed by atoms with Crippen LogP contribution in [0, 0.1) is 17.0 Å². The molecule has 0 saturated heterocycles. The third-order valence-corrected chi connectivity index (χ3v) is 3.55. The average molecular weight is 352 g/mol. The summed E-state index contributed by atoms with van der Waals surface area (Å²) in [5.41, 5.74) is 3.50. The van der Waals surface area contributed by atoms with Gasteiger partial charge in [0.05, 0.1) is 21.7 Å². The number of carbonyl (C=O) groups excluding carboxylic acids is 1. The van der Waals surface area contributed by atoms with Gasteiger partial charge < -0.3 is 0 Å². The third kappa shape index (κ3) is 4.28. The van der Waals surface area contributed by atoms with E-state index >= 15 is 0 Å². The Labute approximate surface area is 141 Å². The molecule has 1 amide bonds. The summed E-state index contributed by atoms with van der Waals surface area (Å²) in [5.74, 6) is -0.532. The lowest BCUT2D eigenvalue weighted by Gasteiger charge is -2.03. The maximum atomic E-state index is 12.0. The second-order valence-electron chi connectivity index (χ2n) is 4.63.